The fraction of sp³-hybridized carbons (Fsp3) is 0.455. The first-order chi connectivity index (χ1) is 21.4. The van der Waals surface area contributed by atoms with Crippen LogP contribution in [0.2, 0.25) is 4.37 Å². The van der Waals surface area contributed by atoms with Crippen molar-refractivity contribution >= 4 is 28.3 Å². The fourth-order valence-corrected chi connectivity index (χ4v) is 25.2. The Morgan fingerprint density at radius 2 is 0.917 bits per heavy atom. The van der Waals surface area contributed by atoms with E-state index in [1.165, 1.54) is 24.3 Å². The summed E-state index contributed by atoms with van der Waals surface area (Å²) in [6.07, 6.45) is -26.2. The molecule has 0 radical (unpaired) electrons. The Kier molecular flexibility index (Phi) is 8.81. The summed E-state index contributed by atoms with van der Waals surface area (Å²) in [5.41, 5.74) is -13.5. The van der Waals surface area contributed by atoms with Crippen LogP contribution in [0.4, 0.5) is 52.7 Å². The zero-order valence-electron chi connectivity index (χ0n) is 26.5. The monoisotopic (exact) mass is 810 g/mol. The van der Waals surface area contributed by atoms with Gasteiger partial charge in [-0.3, -0.25) is 0 Å². The number of aliphatic hydroxyl groups is 1. The van der Waals surface area contributed by atoms with Gasteiger partial charge in [-0.15, -0.1) is 0 Å². The van der Waals surface area contributed by atoms with Crippen LogP contribution >= 0.6 is 0 Å². The maximum absolute atomic E-state index is 15.2. The number of alkyl halides is 12. The second kappa shape index (κ2) is 11.0. The molecule has 1 N–H and O–H groups in total. The first-order valence-electron chi connectivity index (χ1n) is 14.4. The zero-order valence-corrected chi connectivity index (χ0v) is 29.0. The molecule has 0 fully saturated rings. The van der Waals surface area contributed by atoms with Crippen LogP contribution in [0.15, 0.2) is 72.8 Å². The fourth-order valence-electron chi connectivity index (χ4n) is 6.32. The molecule has 0 aliphatic carbocycles. The summed E-state index contributed by atoms with van der Waals surface area (Å²) in [5, 5.41) is 10.8. The molecule has 3 aromatic carbocycles. The zero-order chi connectivity index (χ0) is 36.8. The van der Waals surface area contributed by atoms with Crippen LogP contribution in [-0.4, -0.2) is 53.2 Å². The Balaban J connectivity index is 2.41. The van der Waals surface area contributed by atoms with E-state index in [0.717, 1.165) is 36.4 Å². The molecule has 0 spiro atoms. The first-order valence-corrected chi connectivity index (χ1v) is 21.1. The van der Waals surface area contributed by atoms with Crippen LogP contribution < -0.4 is 10.5 Å². The summed E-state index contributed by atoms with van der Waals surface area (Å²) in [6, 6.07) is 11.2. The molecule has 1 aliphatic rings. The molecule has 0 atom stereocenters. The van der Waals surface area contributed by atoms with E-state index in [-0.39, 0.29) is 0 Å². The molecule has 4 rings (SSSR count). The van der Waals surface area contributed by atoms with Gasteiger partial charge in [-0.25, -0.2) is 0 Å². The molecule has 0 saturated carbocycles. The van der Waals surface area contributed by atoms with E-state index in [0.29, 0.717) is 23.3 Å². The number of benzene rings is 3. The molecule has 0 unspecified atom stereocenters. The van der Waals surface area contributed by atoms with Crippen molar-refractivity contribution in [3.8, 4) is 0 Å². The summed E-state index contributed by atoms with van der Waals surface area (Å²) in [6.45, 7) is 10.1. The second-order valence-corrected chi connectivity index (χ2v) is 26.8. The molecule has 48 heavy (non-hydrogen) atoms. The third-order valence-corrected chi connectivity index (χ3v) is 25.9. The van der Waals surface area contributed by atoms with Gasteiger partial charge in [0, 0.05) is 0 Å². The topological polar surface area (TPSA) is 29.5 Å². The minimum atomic E-state index is -8.22. The molecule has 1 heterocycles. The summed E-state index contributed by atoms with van der Waals surface area (Å²) in [4.78, 5) is 0. The summed E-state index contributed by atoms with van der Waals surface area (Å²) < 4.78 is 179. The molecule has 15 heteroatoms. The first kappa shape index (κ1) is 38.4. The predicted molar refractivity (Wildman–Crippen MR) is 158 cm³/mol. The maximum atomic E-state index is 15.2. The third-order valence-electron chi connectivity index (χ3n) is 8.96. The van der Waals surface area contributed by atoms with Gasteiger partial charge >= 0.3 is 271 Å². The van der Waals surface area contributed by atoms with Gasteiger partial charge in [0.2, 0.25) is 0 Å². The van der Waals surface area contributed by atoms with E-state index < -0.39 is 85.0 Å². The Morgan fingerprint density at radius 3 is 1.23 bits per heavy atom. The SMILES string of the molecule is CC(C)(C)c1cc[c]([Sb]2([CH2]C(O)(C(F)(F)F)C(F)(F)F)([c]3ccc(C(C)(C)C)cc3)[O]C(C(F)(F)F)(C(F)(F)F)c3cccc[c]32)cc1. The van der Waals surface area contributed by atoms with Crippen LogP contribution in [0.1, 0.15) is 58.2 Å². The average Bonchev–Trinajstić information content (AvgIpc) is 3.21. The van der Waals surface area contributed by atoms with Gasteiger partial charge in [-0.2, -0.15) is 0 Å². The Hall–Kier alpha value is -2.44. The summed E-state index contributed by atoms with van der Waals surface area (Å²) in [7, 11) is 0. The average molecular weight is 811 g/mol. The third kappa shape index (κ3) is 5.43. The quantitative estimate of drug-likeness (QED) is 0.212. The van der Waals surface area contributed by atoms with E-state index in [1.807, 2.05) is 0 Å². The van der Waals surface area contributed by atoms with Gasteiger partial charge < -0.3 is 0 Å². The minimum absolute atomic E-state index is 0.349. The van der Waals surface area contributed by atoms with Crippen LogP contribution in [0.3, 0.4) is 0 Å². The van der Waals surface area contributed by atoms with Crippen molar-refractivity contribution in [3.05, 3.63) is 89.5 Å². The van der Waals surface area contributed by atoms with E-state index in [1.54, 1.807) is 41.5 Å². The van der Waals surface area contributed by atoms with Gasteiger partial charge in [-0.05, 0) is 0 Å². The van der Waals surface area contributed by atoms with Gasteiger partial charge in [0.1, 0.15) is 0 Å². The van der Waals surface area contributed by atoms with Crippen molar-refractivity contribution in [2.45, 2.75) is 92.6 Å². The molecular weight excluding hydrogens is 778 g/mol. The van der Waals surface area contributed by atoms with Crippen LogP contribution in [0, 0.1) is 0 Å². The van der Waals surface area contributed by atoms with Crippen molar-refractivity contribution in [2.24, 2.45) is 0 Å². The number of fused-ring (bicyclic) bond motifs is 1. The van der Waals surface area contributed by atoms with E-state index in [2.05, 4.69) is 0 Å². The Morgan fingerprint density at radius 1 is 0.562 bits per heavy atom. The van der Waals surface area contributed by atoms with Gasteiger partial charge in [-0.1, -0.05) is 0 Å². The molecular formula is C33H33F12O2Sb. The standard InChI is InChI=1S/2C10H13.C9H4F6O.C4H3F6O.Sb/c2*1-10(2,3)9-7-5-4-6-8-9;10-8(11,12)7(16,9(13,14)15)6-4-2-1-3-5-6;1-2(11,3(5,6)7)4(8,9)10;/h2*5-8H,1-3H3;1-4H;11H,1H2;/q;;-1;;+1. The van der Waals surface area contributed by atoms with Crippen LogP contribution in [-0.2, 0) is 19.4 Å². The normalized spacial score (nSPS) is 19.4. The number of halogens is 12. The second-order valence-electron chi connectivity index (χ2n) is 14.1. The Bertz CT molecular complexity index is 1560. The Labute approximate surface area is 270 Å². The van der Waals surface area contributed by atoms with Crippen molar-refractivity contribution in [2.75, 3.05) is 0 Å². The van der Waals surface area contributed by atoms with Gasteiger partial charge in [0.25, 0.3) is 0 Å². The number of rotatable bonds is 4. The van der Waals surface area contributed by atoms with E-state index in [9.17, 15) is 31.4 Å². The molecule has 1 aliphatic heterocycles. The molecule has 0 saturated heterocycles. The number of hydrogen-bond donors (Lipinski definition) is 1. The van der Waals surface area contributed by atoms with Gasteiger partial charge in [0.05, 0.1) is 0 Å². The van der Waals surface area contributed by atoms with Crippen molar-refractivity contribution in [3.63, 3.8) is 0 Å². The molecule has 266 valence electrons. The van der Waals surface area contributed by atoms with Crippen LogP contribution in [0.5, 0.6) is 0 Å². The van der Waals surface area contributed by atoms with Gasteiger partial charge in [0.15, 0.2) is 0 Å². The van der Waals surface area contributed by atoms with Crippen LogP contribution in [0.25, 0.3) is 0 Å². The molecule has 2 nitrogen and oxygen atoms in total. The summed E-state index contributed by atoms with van der Waals surface area (Å²) >= 11 is -8.22. The van der Waals surface area contributed by atoms with Crippen molar-refractivity contribution in [1.82, 2.24) is 0 Å². The van der Waals surface area contributed by atoms with E-state index >= 15 is 26.3 Å². The molecule has 0 amide bonds. The predicted octanol–water partition coefficient (Wildman–Crippen LogP) is 8.41. The van der Waals surface area contributed by atoms with Crippen molar-refractivity contribution in [1.29, 1.82) is 0 Å². The molecule has 0 bridgehead atoms. The molecule has 3 aromatic rings. The number of hydrogen-bond acceptors (Lipinski definition) is 2. The van der Waals surface area contributed by atoms with E-state index in [4.69, 9.17) is 3.02 Å². The summed E-state index contributed by atoms with van der Waals surface area (Å²) in [5.74, 6) is 0. The van der Waals surface area contributed by atoms with Crippen molar-refractivity contribution < 1.29 is 60.8 Å². The molecule has 0 aromatic heterocycles.